The van der Waals surface area contributed by atoms with Crippen LogP contribution in [-0.2, 0) is 7.05 Å². The maximum absolute atomic E-state index is 12.6. The highest BCUT2D eigenvalue weighted by atomic mass is 16.5. The van der Waals surface area contributed by atoms with E-state index in [1.165, 1.54) is 0 Å². The molecule has 118 valence electrons. The minimum Gasteiger partial charge on any atom is -0.481 e. The lowest BCUT2D eigenvalue weighted by Gasteiger charge is -2.38. The lowest BCUT2D eigenvalue weighted by molar-refractivity contribution is 0.0498. The predicted octanol–water partition coefficient (Wildman–Crippen LogP) is 0.870. The number of likely N-dealkylation sites (tertiary alicyclic amines) is 1. The fourth-order valence-electron chi connectivity index (χ4n) is 2.93. The second-order valence-corrected chi connectivity index (χ2v) is 5.61. The minimum atomic E-state index is 0.00730. The number of aromatic nitrogens is 5. The Morgan fingerprint density at radius 3 is 2.87 bits per heavy atom. The Bertz CT molecular complexity index is 864. The van der Waals surface area contributed by atoms with E-state index in [9.17, 15) is 4.79 Å². The van der Waals surface area contributed by atoms with Gasteiger partial charge in [-0.2, -0.15) is 5.10 Å². The van der Waals surface area contributed by atoms with Gasteiger partial charge in [0.1, 0.15) is 0 Å². The third kappa shape index (κ3) is 2.14. The van der Waals surface area contributed by atoms with Crippen molar-refractivity contribution >= 4 is 16.8 Å². The first-order chi connectivity index (χ1) is 11.2. The van der Waals surface area contributed by atoms with E-state index in [-0.39, 0.29) is 11.9 Å². The molecule has 8 nitrogen and oxygen atoms in total. The normalized spacial score (nSPS) is 15.0. The number of fused-ring (bicyclic) bond motifs is 1. The van der Waals surface area contributed by atoms with Gasteiger partial charge < -0.3 is 9.64 Å². The summed E-state index contributed by atoms with van der Waals surface area (Å²) in [6.45, 7) is 1.29. The van der Waals surface area contributed by atoms with E-state index in [2.05, 4.69) is 15.4 Å². The van der Waals surface area contributed by atoms with Crippen LogP contribution in [-0.4, -0.2) is 55.8 Å². The van der Waals surface area contributed by atoms with Crippen molar-refractivity contribution in [3.8, 4) is 5.88 Å². The topological polar surface area (TPSA) is 78.1 Å². The first kappa shape index (κ1) is 13.7. The van der Waals surface area contributed by atoms with E-state index >= 15 is 0 Å². The molecule has 1 aliphatic heterocycles. The van der Waals surface area contributed by atoms with Crippen LogP contribution in [0.3, 0.4) is 0 Å². The van der Waals surface area contributed by atoms with Crippen LogP contribution in [0, 0.1) is 0 Å². The Morgan fingerprint density at radius 2 is 2.17 bits per heavy atom. The number of nitrogens with zero attached hydrogens (tertiary/aromatic N) is 6. The third-order valence-electron chi connectivity index (χ3n) is 4.18. The standard InChI is InChI=1S/C15H16N6O2/c1-19-15(23-2)12-4-3-10(7-13(12)17-19)14(22)20-8-11(9-20)21-6-5-16-18-21/h3-7,11H,8-9H2,1-2H3. The number of benzene rings is 1. The molecule has 8 heteroatoms. The minimum absolute atomic E-state index is 0.00730. The van der Waals surface area contributed by atoms with E-state index < -0.39 is 0 Å². The molecule has 23 heavy (non-hydrogen) atoms. The van der Waals surface area contributed by atoms with Gasteiger partial charge in [-0.15, -0.1) is 5.10 Å². The van der Waals surface area contributed by atoms with Crippen molar-refractivity contribution in [3.63, 3.8) is 0 Å². The zero-order chi connectivity index (χ0) is 16.0. The number of aryl methyl sites for hydroxylation is 1. The highest BCUT2D eigenvalue weighted by Crippen LogP contribution is 2.27. The van der Waals surface area contributed by atoms with Crippen LogP contribution in [0.15, 0.2) is 30.6 Å². The zero-order valence-electron chi connectivity index (χ0n) is 12.9. The van der Waals surface area contributed by atoms with Gasteiger partial charge in [0.15, 0.2) is 0 Å². The summed E-state index contributed by atoms with van der Waals surface area (Å²) in [6.07, 6.45) is 3.46. The number of carbonyl (C=O) groups is 1. The van der Waals surface area contributed by atoms with Crippen LogP contribution in [0.1, 0.15) is 16.4 Å². The maximum Gasteiger partial charge on any atom is 0.254 e. The Labute approximate surface area is 132 Å². The predicted molar refractivity (Wildman–Crippen MR) is 82.2 cm³/mol. The molecule has 1 aliphatic rings. The van der Waals surface area contributed by atoms with Gasteiger partial charge in [0, 0.05) is 31.9 Å². The van der Waals surface area contributed by atoms with E-state index in [4.69, 9.17) is 4.74 Å². The van der Waals surface area contributed by atoms with Crippen molar-refractivity contribution in [3.05, 3.63) is 36.2 Å². The SMILES string of the molecule is COc1c2ccc(C(=O)N3CC(n4ccnn4)C3)cc2nn1C. The Hall–Kier alpha value is -2.90. The molecule has 0 aliphatic carbocycles. The molecule has 3 aromatic rings. The van der Waals surface area contributed by atoms with Crippen LogP contribution < -0.4 is 4.74 Å². The van der Waals surface area contributed by atoms with Crippen molar-refractivity contribution < 1.29 is 9.53 Å². The average Bonchev–Trinajstić information content (AvgIpc) is 3.11. The summed E-state index contributed by atoms with van der Waals surface area (Å²) in [5, 5.41) is 13.0. The molecule has 0 unspecified atom stereocenters. The van der Waals surface area contributed by atoms with Gasteiger partial charge in [0.2, 0.25) is 5.88 Å². The van der Waals surface area contributed by atoms with Gasteiger partial charge in [-0.1, -0.05) is 5.21 Å². The molecule has 0 saturated carbocycles. The van der Waals surface area contributed by atoms with E-state index in [1.54, 1.807) is 27.6 Å². The first-order valence-corrected chi connectivity index (χ1v) is 7.33. The van der Waals surface area contributed by atoms with Gasteiger partial charge in [-0.05, 0) is 18.2 Å². The van der Waals surface area contributed by atoms with Gasteiger partial charge in [-0.25, -0.2) is 9.36 Å². The van der Waals surface area contributed by atoms with Crippen LogP contribution in [0.5, 0.6) is 5.88 Å². The molecule has 0 radical (unpaired) electrons. The molecule has 3 heterocycles. The number of amides is 1. The maximum atomic E-state index is 12.6. The van der Waals surface area contributed by atoms with Crippen LogP contribution >= 0.6 is 0 Å². The summed E-state index contributed by atoms with van der Waals surface area (Å²) in [7, 11) is 3.43. The number of ether oxygens (including phenoxy) is 1. The smallest absolute Gasteiger partial charge is 0.254 e. The molecule has 1 aromatic carbocycles. The molecular formula is C15H16N6O2. The lowest BCUT2D eigenvalue weighted by atomic mass is 10.1. The first-order valence-electron chi connectivity index (χ1n) is 7.33. The summed E-state index contributed by atoms with van der Waals surface area (Å²) in [4.78, 5) is 14.4. The average molecular weight is 312 g/mol. The number of rotatable bonds is 3. The molecule has 4 rings (SSSR count). The number of hydrogen-bond donors (Lipinski definition) is 0. The Morgan fingerprint density at radius 1 is 1.35 bits per heavy atom. The molecule has 0 spiro atoms. The summed E-state index contributed by atoms with van der Waals surface area (Å²) in [6, 6.07) is 5.71. The van der Waals surface area contributed by atoms with Crippen LogP contribution in [0.25, 0.3) is 10.9 Å². The van der Waals surface area contributed by atoms with Crippen molar-refractivity contribution in [1.82, 2.24) is 29.7 Å². The second-order valence-electron chi connectivity index (χ2n) is 5.61. The fraction of sp³-hybridized carbons (Fsp3) is 0.333. The molecule has 1 fully saturated rings. The summed E-state index contributed by atoms with van der Waals surface area (Å²) in [5.74, 6) is 0.696. The molecule has 1 saturated heterocycles. The summed E-state index contributed by atoms with van der Waals surface area (Å²) >= 11 is 0. The quantitative estimate of drug-likeness (QED) is 0.717. The fourth-order valence-corrected chi connectivity index (χ4v) is 2.93. The molecule has 0 bridgehead atoms. The zero-order valence-corrected chi connectivity index (χ0v) is 12.9. The molecule has 2 aromatic heterocycles. The van der Waals surface area contributed by atoms with Crippen molar-refractivity contribution in [2.75, 3.05) is 20.2 Å². The highest BCUT2D eigenvalue weighted by molar-refractivity contribution is 5.99. The van der Waals surface area contributed by atoms with Gasteiger partial charge in [-0.3, -0.25) is 4.79 Å². The van der Waals surface area contributed by atoms with Crippen molar-refractivity contribution in [2.45, 2.75) is 6.04 Å². The number of hydrogen-bond acceptors (Lipinski definition) is 5. The number of methoxy groups -OCH3 is 1. The van der Waals surface area contributed by atoms with E-state index in [1.807, 2.05) is 31.4 Å². The Balaban J connectivity index is 1.54. The highest BCUT2D eigenvalue weighted by Gasteiger charge is 2.33. The van der Waals surface area contributed by atoms with E-state index in [0.717, 1.165) is 10.9 Å². The summed E-state index contributed by atoms with van der Waals surface area (Å²) < 4.78 is 8.78. The molecular weight excluding hydrogens is 296 g/mol. The molecule has 0 atom stereocenters. The lowest BCUT2D eigenvalue weighted by Crippen LogP contribution is -2.50. The largest absolute Gasteiger partial charge is 0.481 e. The summed E-state index contributed by atoms with van der Waals surface area (Å²) in [5.41, 5.74) is 1.39. The van der Waals surface area contributed by atoms with Gasteiger partial charge >= 0.3 is 0 Å². The van der Waals surface area contributed by atoms with Crippen LogP contribution in [0.4, 0.5) is 0 Å². The Kier molecular flexibility index (Phi) is 3.03. The van der Waals surface area contributed by atoms with Crippen LogP contribution in [0.2, 0.25) is 0 Å². The van der Waals surface area contributed by atoms with Crippen molar-refractivity contribution in [1.29, 1.82) is 0 Å². The monoisotopic (exact) mass is 312 g/mol. The second kappa shape index (κ2) is 5.08. The van der Waals surface area contributed by atoms with Gasteiger partial charge in [0.05, 0.1) is 30.3 Å². The van der Waals surface area contributed by atoms with Crippen molar-refractivity contribution in [2.24, 2.45) is 7.05 Å². The van der Waals surface area contributed by atoms with Gasteiger partial charge in [0.25, 0.3) is 5.91 Å². The third-order valence-corrected chi connectivity index (χ3v) is 4.18. The molecule has 0 N–H and O–H groups in total. The number of carbonyl (C=O) groups excluding carboxylic acids is 1. The molecule has 1 amide bonds. The van der Waals surface area contributed by atoms with E-state index in [0.29, 0.717) is 24.5 Å².